The lowest BCUT2D eigenvalue weighted by Gasteiger charge is -2.15. The van der Waals surface area contributed by atoms with Gasteiger partial charge in [-0.15, -0.1) is 0 Å². The normalized spacial score (nSPS) is 14.2. The minimum absolute atomic E-state index is 0.0412. The Kier molecular flexibility index (Phi) is 9.46. The van der Waals surface area contributed by atoms with Crippen LogP contribution in [0.15, 0.2) is 47.5 Å². The second-order valence-electron chi connectivity index (χ2n) is 8.51. The first-order valence-electron chi connectivity index (χ1n) is 11.7. The number of pyridine rings is 1. The number of sulfonamides is 1. The van der Waals surface area contributed by atoms with Gasteiger partial charge >= 0.3 is 12.1 Å². The molecule has 0 spiro atoms. The minimum atomic E-state index is -5.08. The Morgan fingerprint density at radius 3 is 2.32 bits per heavy atom. The van der Waals surface area contributed by atoms with Crippen molar-refractivity contribution >= 4 is 32.9 Å². The van der Waals surface area contributed by atoms with Gasteiger partial charge in [0.05, 0.1) is 4.90 Å². The zero-order chi connectivity index (χ0) is 27.9. The fraction of sp³-hybridized carbons (Fsp3) is 0.375. The smallest absolute Gasteiger partial charge is 0.475 e. The number of rotatable bonds is 8. The molecule has 3 heterocycles. The molecule has 1 aromatic carbocycles. The Balaban J connectivity index is 0.000000505. The maximum Gasteiger partial charge on any atom is 0.490 e. The molecule has 1 fully saturated rings. The van der Waals surface area contributed by atoms with Crippen LogP contribution >= 0.6 is 0 Å². The van der Waals surface area contributed by atoms with Crippen LogP contribution in [-0.4, -0.2) is 72.0 Å². The number of carbonyl (C=O) groups is 2. The summed E-state index contributed by atoms with van der Waals surface area (Å²) >= 11 is 0. The number of aliphatic carboxylic acids is 1. The van der Waals surface area contributed by atoms with Crippen molar-refractivity contribution in [3.05, 3.63) is 48.3 Å². The molecule has 14 heteroatoms. The highest BCUT2D eigenvalue weighted by Crippen LogP contribution is 2.30. The molecule has 1 saturated heterocycles. The number of carbonyl (C=O) groups excluding carboxylic acids is 1. The van der Waals surface area contributed by atoms with Crippen molar-refractivity contribution in [2.75, 3.05) is 26.2 Å². The molecule has 0 unspecified atom stereocenters. The van der Waals surface area contributed by atoms with E-state index in [0.717, 1.165) is 40.7 Å². The molecule has 0 bridgehead atoms. The number of aromatic nitrogens is 2. The maximum atomic E-state index is 12.8. The van der Waals surface area contributed by atoms with E-state index in [2.05, 4.69) is 26.7 Å². The van der Waals surface area contributed by atoms with Gasteiger partial charge in [0.25, 0.3) is 0 Å². The Hall–Kier alpha value is -3.49. The van der Waals surface area contributed by atoms with Gasteiger partial charge in [-0.1, -0.05) is 12.1 Å². The Morgan fingerprint density at radius 1 is 1.11 bits per heavy atom. The van der Waals surface area contributed by atoms with Crippen LogP contribution in [0.25, 0.3) is 22.2 Å². The number of nitrogens with zero attached hydrogens (tertiary/aromatic N) is 2. The number of alkyl halides is 3. The fourth-order valence-electron chi connectivity index (χ4n) is 3.86. The average Bonchev–Trinajstić information content (AvgIpc) is 3.54. The molecule has 1 aliphatic heterocycles. The van der Waals surface area contributed by atoms with Gasteiger partial charge in [0.1, 0.15) is 5.65 Å². The van der Waals surface area contributed by atoms with Gasteiger partial charge in [0.2, 0.25) is 15.9 Å². The summed E-state index contributed by atoms with van der Waals surface area (Å²) in [6, 6.07) is 11.1. The first kappa shape index (κ1) is 29.1. The molecule has 206 valence electrons. The molecule has 0 saturated carbocycles. The predicted molar refractivity (Wildman–Crippen MR) is 134 cm³/mol. The third-order valence-corrected chi connectivity index (χ3v) is 7.60. The SMILES string of the molecule is CC(=O)NCCNCc1cc2c(-c3ccc(S(=O)(=O)N4CCCC4)cc3)ccnc2[nH]1.O=C(O)C(F)(F)F. The molecule has 0 aliphatic carbocycles. The Labute approximate surface area is 217 Å². The molecule has 1 amide bonds. The van der Waals surface area contributed by atoms with Crippen LogP contribution in [-0.2, 0) is 26.2 Å². The number of amides is 1. The third kappa shape index (κ3) is 7.52. The number of H-pyrrole nitrogens is 1. The lowest BCUT2D eigenvalue weighted by atomic mass is 10.0. The standard InChI is InChI=1S/C22H27N5O3S.C2HF3O2/c1-16(28)24-11-10-23-15-18-14-21-20(8-9-25-22(21)26-18)17-4-6-19(7-5-17)31(29,30)27-12-2-3-13-27;3-2(4,5)1(6)7/h4-9,14,23H,2-3,10-13,15H2,1H3,(H,24,28)(H,25,26);(H,6,7). The van der Waals surface area contributed by atoms with Crippen molar-refractivity contribution in [3.63, 3.8) is 0 Å². The van der Waals surface area contributed by atoms with E-state index in [1.807, 2.05) is 18.2 Å². The molecule has 4 N–H and O–H groups in total. The summed E-state index contributed by atoms with van der Waals surface area (Å²) < 4.78 is 58.8. The van der Waals surface area contributed by atoms with Gasteiger partial charge in [-0.2, -0.15) is 17.5 Å². The number of fused-ring (bicyclic) bond motifs is 1. The number of aromatic amines is 1. The number of nitrogens with one attached hydrogen (secondary N) is 3. The van der Waals surface area contributed by atoms with Gasteiger partial charge in [0, 0.05) is 56.9 Å². The van der Waals surface area contributed by atoms with E-state index in [-0.39, 0.29) is 5.91 Å². The first-order chi connectivity index (χ1) is 17.9. The van der Waals surface area contributed by atoms with Crippen molar-refractivity contribution in [3.8, 4) is 11.1 Å². The largest absolute Gasteiger partial charge is 0.490 e. The lowest BCUT2D eigenvalue weighted by molar-refractivity contribution is -0.192. The molecule has 0 radical (unpaired) electrons. The van der Waals surface area contributed by atoms with Crippen molar-refractivity contribution in [2.45, 2.75) is 37.4 Å². The number of hydrogen-bond acceptors (Lipinski definition) is 6. The summed E-state index contributed by atoms with van der Waals surface area (Å²) in [6.45, 7) is 4.57. The third-order valence-electron chi connectivity index (χ3n) is 5.69. The van der Waals surface area contributed by atoms with E-state index in [9.17, 15) is 26.4 Å². The summed E-state index contributed by atoms with van der Waals surface area (Å²) in [5.41, 5.74) is 3.71. The highest BCUT2D eigenvalue weighted by atomic mass is 32.2. The Morgan fingerprint density at radius 2 is 1.74 bits per heavy atom. The van der Waals surface area contributed by atoms with Crippen LogP contribution in [0.4, 0.5) is 13.2 Å². The zero-order valence-electron chi connectivity index (χ0n) is 20.5. The van der Waals surface area contributed by atoms with E-state index in [0.29, 0.717) is 37.6 Å². The second kappa shape index (κ2) is 12.4. The van der Waals surface area contributed by atoms with Gasteiger partial charge in [-0.05, 0) is 48.2 Å². The van der Waals surface area contributed by atoms with E-state index >= 15 is 0 Å². The zero-order valence-corrected chi connectivity index (χ0v) is 21.3. The van der Waals surface area contributed by atoms with Gasteiger partial charge in [-0.3, -0.25) is 4.79 Å². The molecule has 4 rings (SSSR count). The first-order valence-corrected chi connectivity index (χ1v) is 13.2. The highest BCUT2D eigenvalue weighted by Gasteiger charge is 2.38. The molecule has 38 heavy (non-hydrogen) atoms. The molecular formula is C24H28F3N5O5S. The second-order valence-corrected chi connectivity index (χ2v) is 10.5. The Bertz CT molecular complexity index is 1370. The molecule has 10 nitrogen and oxygen atoms in total. The van der Waals surface area contributed by atoms with Crippen LogP contribution in [0, 0.1) is 0 Å². The van der Waals surface area contributed by atoms with Crippen LogP contribution in [0.2, 0.25) is 0 Å². The van der Waals surface area contributed by atoms with Gasteiger partial charge in [-0.25, -0.2) is 18.2 Å². The number of carboxylic acid groups (broad SMARTS) is 1. The number of hydrogen-bond donors (Lipinski definition) is 4. The van der Waals surface area contributed by atoms with Crippen molar-refractivity contribution in [1.82, 2.24) is 24.9 Å². The van der Waals surface area contributed by atoms with Crippen LogP contribution in [0.5, 0.6) is 0 Å². The van der Waals surface area contributed by atoms with E-state index in [1.165, 1.54) is 6.92 Å². The molecule has 1 aliphatic rings. The van der Waals surface area contributed by atoms with Crippen LogP contribution in [0.3, 0.4) is 0 Å². The van der Waals surface area contributed by atoms with Crippen LogP contribution in [0.1, 0.15) is 25.5 Å². The minimum Gasteiger partial charge on any atom is -0.475 e. The highest BCUT2D eigenvalue weighted by molar-refractivity contribution is 7.89. The monoisotopic (exact) mass is 555 g/mol. The van der Waals surface area contributed by atoms with Gasteiger partial charge < -0.3 is 20.7 Å². The van der Waals surface area contributed by atoms with Crippen molar-refractivity contribution in [2.24, 2.45) is 0 Å². The number of benzene rings is 1. The quantitative estimate of drug-likeness (QED) is 0.313. The summed E-state index contributed by atoms with van der Waals surface area (Å²) in [7, 11) is -3.42. The average molecular weight is 556 g/mol. The summed E-state index contributed by atoms with van der Waals surface area (Å²) in [6.07, 6.45) is -1.49. The predicted octanol–water partition coefficient (Wildman–Crippen LogP) is 2.87. The fourth-order valence-corrected chi connectivity index (χ4v) is 5.38. The van der Waals surface area contributed by atoms with E-state index in [4.69, 9.17) is 9.90 Å². The van der Waals surface area contributed by atoms with E-state index < -0.39 is 22.2 Å². The summed E-state index contributed by atoms with van der Waals surface area (Å²) in [5, 5.41) is 14.1. The molecule has 2 aromatic heterocycles. The molecular weight excluding hydrogens is 527 g/mol. The lowest BCUT2D eigenvalue weighted by Crippen LogP contribution is -2.29. The van der Waals surface area contributed by atoms with Crippen molar-refractivity contribution < 1.29 is 36.3 Å². The van der Waals surface area contributed by atoms with E-state index in [1.54, 1.807) is 22.6 Å². The van der Waals surface area contributed by atoms with Gasteiger partial charge in [0.15, 0.2) is 0 Å². The molecule has 3 aromatic rings. The topological polar surface area (TPSA) is 144 Å². The maximum absolute atomic E-state index is 12.8. The molecule has 0 atom stereocenters. The summed E-state index contributed by atoms with van der Waals surface area (Å²) in [5.74, 6) is -2.80. The van der Waals surface area contributed by atoms with Crippen molar-refractivity contribution in [1.29, 1.82) is 0 Å². The van der Waals surface area contributed by atoms with Crippen LogP contribution < -0.4 is 10.6 Å². The number of halogens is 3. The summed E-state index contributed by atoms with van der Waals surface area (Å²) in [4.78, 5) is 27.9. The number of carboxylic acids is 1.